The molecule has 0 fully saturated rings. The van der Waals surface area contributed by atoms with Gasteiger partial charge in [0.05, 0.1) is 0 Å². The maximum atomic E-state index is 3.61. The first-order valence-corrected chi connectivity index (χ1v) is 8.43. The summed E-state index contributed by atoms with van der Waals surface area (Å²) < 4.78 is 0. The fourth-order valence-electron chi connectivity index (χ4n) is 2.28. The van der Waals surface area contributed by atoms with Crippen LogP contribution in [0.4, 0.5) is 0 Å². The van der Waals surface area contributed by atoms with Crippen LogP contribution in [0.25, 0.3) is 0 Å². The van der Waals surface area contributed by atoms with Gasteiger partial charge in [0.1, 0.15) is 0 Å². The van der Waals surface area contributed by atoms with Crippen LogP contribution in [0, 0.1) is 0 Å². The average Bonchev–Trinajstić information content (AvgIpc) is 2.52. The summed E-state index contributed by atoms with van der Waals surface area (Å²) in [4.78, 5) is 1.33. The smallest absolute Gasteiger partial charge is 0.0292 e. The lowest BCUT2D eigenvalue weighted by Gasteiger charge is -2.15. The molecule has 106 valence electrons. The largest absolute Gasteiger partial charge is 0.310 e. The molecule has 0 radical (unpaired) electrons. The van der Waals surface area contributed by atoms with Gasteiger partial charge in [-0.2, -0.15) is 0 Å². The van der Waals surface area contributed by atoms with E-state index in [4.69, 9.17) is 0 Å². The van der Waals surface area contributed by atoms with Gasteiger partial charge in [0.25, 0.3) is 0 Å². The molecule has 1 nitrogen and oxygen atoms in total. The molecule has 0 aliphatic heterocycles. The second-order valence-corrected chi connectivity index (χ2v) is 5.92. The number of rotatable bonds is 7. The van der Waals surface area contributed by atoms with E-state index >= 15 is 0 Å². The minimum absolute atomic E-state index is 0.415. The van der Waals surface area contributed by atoms with E-state index in [2.05, 4.69) is 73.1 Å². The van der Waals surface area contributed by atoms with Crippen molar-refractivity contribution in [3.63, 3.8) is 0 Å². The van der Waals surface area contributed by atoms with Crippen LogP contribution in [0.2, 0.25) is 0 Å². The Bertz CT molecular complexity index is 510. The van der Waals surface area contributed by atoms with E-state index < -0.39 is 0 Å². The van der Waals surface area contributed by atoms with Gasteiger partial charge in [0.15, 0.2) is 0 Å². The molecule has 2 aromatic carbocycles. The van der Waals surface area contributed by atoms with E-state index in [1.165, 1.54) is 22.4 Å². The lowest BCUT2D eigenvalue weighted by molar-refractivity contribution is 0.557. The summed E-state index contributed by atoms with van der Waals surface area (Å²) in [6, 6.07) is 19.9. The molecule has 20 heavy (non-hydrogen) atoms. The van der Waals surface area contributed by atoms with Crippen molar-refractivity contribution in [1.29, 1.82) is 0 Å². The Kier molecular flexibility index (Phi) is 6.16. The summed E-state index contributed by atoms with van der Waals surface area (Å²) >= 11 is 1.80. The van der Waals surface area contributed by atoms with Gasteiger partial charge < -0.3 is 5.32 Å². The van der Waals surface area contributed by atoms with Crippen molar-refractivity contribution in [2.75, 3.05) is 12.8 Å². The van der Waals surface area contributed by atoms with Crippen molar-refractivity contribution < 1.29 is 0 Å². The lowest BCUT2D eigenvalue weighted by atomic mass is 10.1. The number of hydrogen-bond donors (Lipinski definition) is 1. The highest BCUT2D eigenvalue weighted by Gasteiger charge is 2.04. The minimum Gasteiger partial charge on any atom is -0.310 e. The van der Waals surface area contributed by atoms with Crippen molar-refractivity contribution in [3.05, 3.63) is 65.7 Å². The van der Waals surface area contributed by atoms with Crippen LogP contribution in [-0.4, -0.2) is 12.8 Å². The number of aryl methyl sites for hydroxylation is 1. The second kappa shape index (κ2) is 8.13. The second-order valence-electron chi connectivity index (χ2n) is 5.04. The van der Waals surface area contributed by atoms with E-state index in [-0.39, 0.29) is 0 Å². The highest BCUT2D eigenvalue weighted by molar-refractivity contribution is 7.98. The molecular formula is C18H23NS. The average molecular weight is 285 g/mol. The van der Waals surface area contributed by atoms with E-state index in [9.17, 15) is 0 Å². The Hall–Kier alpha value is -1.25. The molecule has 0 unspecified atom stereocenters. The fourth-order valence-corrected chi connectivity index (χ4v) is 2.75. The molecule has 1 N–H and O–H groups in total. The Morgan fingerprint density at radius 3 is 2.60 bits per heavy atom. The van der Waals surface area contributed by atoms with Gasteiger partial charge in [-0.1, -0.05) is 42.5 Å². The van der Waals surface area contributed by atoms with Crippen molar-refractivity contribution in [3.8, 4) is 0 Å². The zero-order valence-corrected chi connectivity index (χ0v) is 13.1. The highest BCUT2D eigenvalue weighted by Crippen LogP contribution is 2.20. The summed E-state index contributed by atoms with van der Waals surface area (Å²) in [6.45, 7) is 3.29. The molecule has 0 saturated heterocycles. The molecule has 0 saturated carbocycles. The quantitative estimate of drug-likeness (QED) is 0.585. The molecular weight excluding hydrogens is 262 g/mol. The standard InChI is InChI=1S/C18H23NS/c1-15(17-11-6-12-18(14-17)20-2)19-13-7-10-16-8-4-3-5-9-16/h3-6,8-9,11-12,14-15,19H,7,10,13H2,1-2H3/t15-/m1/s1. The molecule has 2 heteroatoms. The number of hydrogen-bond acceptors (Lipinski definition) is 2. The maximum Gasteiger partial charge on any atom is 0.0292 e. The molecule has 0 aromatic heterocycles. The van der Waals surface area contributed by atoms with Crippen LogP contribution >= 0.6 is 11.8 Å². The van der Waals surface area contributed by atoms with Gasteiger partial charge in [-0.3, -0.25) is 0 Å². The summed E-state index contributed by atoms with van der Waals surface area (Å²) in [5.74, 6) is 0. The molecule has 0 bridgehead atoms. The minimum atomic E-state index is 0.415. The van der Waals surface area contributed by atoms with E-state index in [1.54, 1.807) is 11.8 Å². The predicted octanol–water partition coefficient (Wildman–Crippen LogP) is 4.69. The summed E-state index contributed by atoms with van der Waals surface area (Å²) in [6.07, 6.45) is 4.44. The fraction of sp³-hybridized carbons (Fsp3) is 0.333. The number of nitrogens with one attached hydrogen (secondary N) is 1. The van der Waals surface area contributed by atoms with Crippen LogP contribution in [0.1, 0.15) is 30.5 Å². The Balaban J connectivity index is 1.76. The summed E-state index contributed by atoms with van der Waals surface area (Å²) in [5.41, 5.74) is 2.79. The summed E-state index contributed by atoms with van der Waals surface area (Å²) in [7, 11) is 0. The van der Waals surface area contributed by atoms with E-state index in [1.807, 2.05) is 0 Å². The Morgan fingerprint density at radius 1 is 1.05 bits per heavy atom. The van der Waals surface area contributed by atoms with Crippen molar-refractivity contribution in [1.82, 2.24) is 5.32 Å². The third kappa shape index (κ3) is 4.69. The van der Waals surface area contributed by atoms with Crippen LogP contribution in [0.15, 0.2) is 59.5 Å². The third-order valence-electron chi connectivity index (χ3n) is 3.53. The monoisotopic (exact) mass is 285 g/mol. The molecule has 0 amide bonds. The molecule has 0 spiro atoms. The molecule has 2 aromatic rings. The molecule has 1 atom stereocenters. The topological polar surface area (TPSA) is 12.0 Å². The molecule has 0 aliphatic carbocycles. The molecule has 0 heterocycles. The van der Waals surface area contributed by atoms with Gasteiger partial charge in [-0.15, -0.1) is 11.8 Å². The van der Waals surface area contributed by atoms with Crippen molar-refractivity contribution in [2.24, 2.45) is 0 Å². The number of thioether (sulfide) groups is 1. The van der Waals surface area contributed by atoms with Gasteiger partial charge in [-0.25, -0.2) is 0 Å². The SMILES string of the molecule is CSc1cccc([C@@H](C)NCCCc2ccccc2)c1. The van der Waals surface area contributed by atoms with Gasteiger partial charge in [0, 0.05) is 10.9 Å². The van der Waals surface area contributed by atoms with Crippen LogP contribution in [0.5, 0.6) is 0 Å². The normalized spacial score (nSPS) is 12.3. The summed E-state index contributed by atoms with van der Waals surface area (Å²) in [5, 5.41) is 3.61. The maximum absolute atomic E-state index is 3.61. The molecule has 2 rings (SSSR count). The first-order valence-electron chi connectivity index (χ1n) is 7.21. The van der Waals surface area contributed by atoms with Gasteiger partial charge in [0.2, 0.25) is 0 Å². The number of benzene rings is 2. The first kappa shape index (κ1) is 15.1. The highest BCUT2D eigenvalue weighted by atomic mass is 32.2. The van der Waals surface area contributed by atoms with Crippen molar-refractivity contribution in [2.45, 2.75) is 30.7 Å². The van der Waals surface area contributed by atoms with Gasteiger partial charge in [-0.05, 0) is 55.8 Å². The third-order valence-corrected chi connectivity index (χ3v) is 4.25. The lowest BCUT2D eigenvalue weighted by Crippen LogP contribution is -2.20. The first-order chi connectivity index (χ1) is 9.79. The van der Waals surface area contributed by atoms with Crippen LogP contribution in [-0.2, 0) is 6.42 Å². The van der Waals surface area contributed by atoms with Crippen molar-refractivity contribution >= 4 is 11.8 Å². The molecule has 0 aliphatic rings. The predicted molar refractivity (Wildman–Crippen MR) is 89.4 cm³/mol. The van der Waals surface area contributed by atoms with E-state index in [0.29, 0.717) is 6.04 Å². The van der Waals surface area contributed by atoms with Crippen LogP contribution in [0.3, 0.4) is 0 Å². The van der Waals surface area contributed by atoms with Crippen LogP contribution < -0.4 is 5.32 Å². The van der Waals surface area contributed by atoms with Gasteiger partial charge >= 0.3 is 0 Å². The zero-order valence-electron chi connectivity index (χ0n) is 12.3. The Morgan fingerprint density at radius 2 is 1.85 bits per heavy atom. The van der Waals surface area contributed by atoms with E-state index in [0.717, 1.165) is 13.0 Å². The Labute approximate surface area is 126 Å². The zero-order chi connectivity index (χ0) is 14.2.